The quantitative estimate of drug-likeness (QED) is 0.758. The molecule has 6 heteroatoms. The summed E-state index contributed by atoms with van der Waals surface area (Å²) in [5.41, 5.74) is 1.65. The maximum Gasteiger partial charge on any atom is 0.213 e. The van der Waals surface area contributed by atoms with E-state index >= 15 is 0 Å². The van der Waals surface area contributed by atoms with Gasteiger partial charge in [0.15, 0.2) is 5.65 Å². The molecule has 0 unspecified atom stereocenters. The zero-order valence-electron chi connectivity index (χ0n) is 9.74. The normalized spacial score (nSPS) is 10.5. The molecule has 0 aliphatic carbocycles. The molecule has 6 nitrogen and oxygen atoms in total. The Balaban J connectivity index is 1.93. The van der Waals surface area contributed by atoms with Crippen molar-refractivity contribution in [1.29, 1.82) is 0 Å². The van der Waals surface area contributed by atoms with Crippen molar-refractivity contribution in [2.75, 3.05) is 12.4 Å². The van der Waals surface area contributed by atoms with Crippen LogP contribution in [0.3, 0.4) is 0 Å². The molecule has 0 aliphatic heterocycles. The molecule has 0 aliphatic rings. The lowest BCUT2D eigenvalue weighted by atomic mass is 10.4. The molecular formula is C12H11N5O. The summed E-state index contributed by atoms with van der Waals surface area (Å²) >= 11 is 0. The second kappa shape index (κ2) is 4.33. The summed E-state index contributed by atoms with van der Waals surface area (Å²) in [5.74, 6) is 1.41. The molecule has 3 rings (SSSR count). The van der Waals surface area contributed by atoms with Gasteiger partial charge < -0.3 is 10.1 Å². The summed E-state index contributed by atoms with van der Waals surface area (Å²) < 4.78 is 6.74. The van der Waals surface area contributed by atoms with Gasteiger partial charge in [-0.25, -0.2) is 9.97 Å². The SMILES string of the molecule is COc1ccc(Nc2cccc3ncnn23)cn1. The molecule has 0 amide bonds. The Kier molecular flexibility index (Phi) is 2.53. The van der Waals surface area contributed by atoms with Crippen molar-refractivity contribution in [3.63, 3.8) is 0 Å². The molecule has 1 N–H and O–H groups in total. The average Bonchev–Trinajstić information content (AvgIpc) is 2.89. The van der Waals surface area contributed by atoms with E-state index in [-0.39, 0.29) is 0 Å². The number of fused-ring (bicyclic) bond motifs is 1. The van der Waals surface area contributed by atoms with E-state index in [1.807, 2.05) is 24.3 Å². The van der Waals surface area contributed by atoms with Crippen molar-refractivity contribution in [1.82, 2.24) is 19.6 Å². The van der Waals surface area contributed by atoms with Crippen LogP contribution in [0.5, 0.6) is 5.88 Å². The first-order valence-electron chi connectivity index (χ1n) is 5.42. The monoisotopic (exact) mass is 241 g/mol. The summed E-state index contributed by atoms with van der Waals surface area (Å²) in [5, 5.41) is 7.37. The van der Waals surface area contributed by atoms with Crippen molar-refractivity contribution >= 4 is 17.2 Å². The van der Waals surface area contributed by atoms with Crippen LogP contribution in [0.2, 0.25) is 0 Å². The molecule has 0 spiro atoms. The van der Waals surface area contributed by atoms with Crippen molar-refractivity contribution in [3.05, 3.63) is 42.9 Å². The number of nitrogens with one attached hydrogen (secondary N) is 1. The van der Waals surface area contributed by atoms with Gasteiger partial charge in [-0.05, 0) is 18.2 Å². The summed E-state index contributed by atoms with van der Waals surface area (Å²) in [6, 6.07) is 9.42. The Morgan fingerprint density at radius 2 is 2.11 bits per heavy atom. The van der Waals surface area contributed by atoms with Crippen LogP contribution >= 0.6 is 0 Å². The molecule has 3 aromatic rings. The van der Waals surface area contributed by atoms with E-state index in [1.165, 1.54) is 6.33 Å². The molecule has 0 atom stereocenters. The molecule has 0 fully saturated rings. The van der Waals surface area contributed by atoms with Gasteiger partial charge in [0.2, 0.25) is 5.88 Å². The van der Waals surface area contributed by atoms with Gasteiger partial charge in [-0.2, -0.15) is 9.61 Å². The van der Waals surface area contributed by atoms with Crippen LogP contribution in [0.4, 0.5) is 11.5 Å². The van der Waals surface area contributed by atoms with Crippen LogP contribution in [-0.4, -0.2) is 26.7 Å². The lowest BCUT2D eigenvalue weighted by Crippen LogP contribution is -1.99. The summed E-state index contributed by atoms with van der Waals surface area (Å²) in [7, 11) is 1.59. The number of pyridine rings is 2. The minimum absolute atomic E-state index is 0.583. The van der Waals surface area contributed by atoms with Crippen molar-refractivity contribution in [2.45, 2.75) is 0 Å². The molecule has 0 saturated carbocycles. The van der Waals surface area contributed by atoms with Crippen molar-refractivity contribution in [3.8, 4) is 5.88 Å². The maximum atomic E-state index is 5.01. The molecular weight excluding hydrogens is 230 g/mol. The fourth-order valence-electron chi connectivity index (χ4n) is 1.66. The van der Waals surface area contributed by atoms with Gasteiger partial charge in [-0.1, -0.05) is 6.07 Å². The van der Waals surface area contributed by atoms with Gasteiger partial charge in [-0.15, -0.1) is 0 Å². The first kappa shape index (κ1) is 10.5. The predicted octanol–water partition coefficient (Wildman–Crippen LogP) is 1.88. The highest BCUT2D eigenvalue weighted by Gasteiger charge is 2.02. The minimum atomic E-state index is 0.583. The fourth-order valence-corrected chi connectivity index (χ4v) is 1.66. The van der Waals surface area contributed by atoms with Crippen LogP contribution in [0.15, 0.2) is 42.9 Å². The number of rotatable bonds is 3. The second-order valence-electron chi connectivity index (χ2n) is 3.66. The number of methoxy groups -OCH3 is 1. The Morgan fingerprint density at radius 3 is 2.89 bits per heavy atom. The number of hydrogen-bond donors (Lipinski definition) is 1. The van der Waals surface area contributed by atoms with Crippen LogP contribution in [0, 0.1) is 0 Å². The lowest BCUT2D eigenvalue weighted by molar-refractivity contribution is 0.398. The molecule has 3 aromatic heterocycles. The van der Waals surface area contributed by atoms with Gasteiger partial charge in [0, 0.05) is 6.07 Å². The predicted molar refractivity (Wildman–Crippen MR) is 67.1 cm³/mol. The zero-order chi connectivity index (χ0) is 12.4. The van der Waals surface area contributed by atoms with Gasteiger partial charge >= 0.3 is 0 Å². The molecule has 0 saturated heterocycles. The molecule has 90 valence electrons. The van der Waals surface area contributed by atoms with Crippen molar-refractivity contribution < 1.29 is 4.74 Å². The summed E-state index contributed by atoms with van der Waals surface area (Å²) in [6.45, 7) is 0. The summed E-state index contributed by atoms with van der Waals surface area (Å²) in [6.07, 6.45) is 3.22. The highest BCUT2D eigenvalue weighted by molar-refractivity contribution is 5.58. The number of ether oxygens (including phenoxy) is 1. The second-order valence-corrected chi connectivity index (χ2v) is 3.66. The Bertz CT molecular complexity index is 662. The van der Waals surface area contributed by atoms with E-state index < -0.39 is 0 Å². The molecule has 18 heavy (non-hydrogen) atoms. The van der Waals surface area contributed by atoms with Gasteiger partial charge in [0.05, 0.1) is 19.0 Å². The Hall–Kier alpha value is -2.63. The topological polar surface area (TPSA) is 64.3 Å². The van der Waals surface area contributed by atoms with Gasteiger partial charge in [-0.3, -0.25) is 0 Å². The number of anilines is 2. The standard InChI is InChI=1S/C12H11N5O/c1-18-12-6-5-9(7-13-12)16-11-4-2-3-10-14-8-15-17(10)11/h2-8,16H,1H3. The van der Waals surface area contributed by atoms with E-state index in [2.05, 4.69) is 20.4 Å². The van der Waals surface area contributed by atoms with Crippen LogP contribution in [0.1, 0.15) is 0 Å². The van der Waals surface area contributed by atoms with E-state index in [0.29, 0.717) is 5.88 Å². The molecule has 0 radical (unpaired) electrons. The van der Waals surface area contributed by atoms with E-state index in [4.69, 9.17) is 4.74 Å². The number of nitrogens with zero attached hydrogens (tertiary/aromatic N) is 4. The smallest absolute Gasteiger partial charge is 0.213 e. The van der Waals surface area contributed by atoms with Crippen molar-refractivity contribution in [2.24, 2.45) is 0 Å². The van der Waals surface area contributed by atoms with Crippen LogP contribution in [-0.2, 0) is 0 Å². The fraction of sp³-hybridized carbons (Fsp3) is 0.0833. The highest BCUT2D eigenvalue weighted by atomic mass is 16.5. The maximum absolute atomic E-state index is 5.01. The van der Waals surface area contributed by atoms with E-state index in [9.17, 15) is 0 Å². The zero-order valence-corrected chi connectivity index (χ0v) is 9.74. The average molecular weight is 241 g/mol. The highest BCUT2D eigenvalue weighted by Crippen LogP contribution is 2.17. The largest absolute Gasteiger partial charge is 0.481 e. The first-order chi connectivity index (χ1) is 8.86. The third-order valence-electron chi connectivity index (χ3n) is 2.52. The third kappa shape index (κ3) is 1.84. The van der Waals surface area contributed by atoms with Gasteiger partial charge in [0.25, 0.3) is 0 Å². The third-order valence-corrected chi connectivity index (χ3v) is 2.52. The Labute approximate surface area is 103 Å². The summed E-state index contributed by atoms with van der Waals surface area (Å²) in [4.78, 5) is 8.26. The molecule has 0 bridgehead atoms. The lowest BCUT2D eigenvalue weighted by Gasteiger charge is -2.07. The molecule has 0 aromatic carbocycles. The van der Waals surface area contributed by atoms with E-state index in [1.54, 1.807) is 23.9 Å². The van der Waals surface area contributed by atoms with Crippen LogP contribution in [0.25, 0.3) is 5.65 Å². The van der Waals surface area contributed by atoms with E-state index in [0.717, 1.165) is 17.2 Å². The first-order valence-corrected chi connectivity index (χ1v) is 5.42. The van der Waals surface area contributed by atoms with Gasteiger partial charge in [0.1, 0.15) is 12.1 Å². The Morgan fingerprint density at radius 1 is 1.17 bits per heavy atom. The minimum Gasteiger partial charge on any atom is -0.481 e. The van der Waals surface area contributed by atoms with Crippen LogP contribution < -0.4 is 10.1 Å². The number of aromatic nitrogens is 4. The molecule has 3 heterocycles. The number of hydrogen-bond acceptors (Lipinski definition) is 5.